The summed E-state index contributed by atoms with van der Waals surface area (Å²) in [6, 6.07) is 10.4. The lowest BCUT2D eigenvalue weighted by Crippen LogP contribution is -2.43. The second-order valence-corrected chi connectivity index (χ2v) is 6.94. The molecule has 0 fully saturated rings. The summed E-state index contributed by atoms with van der Waals surface area (Å²) in [4.78, 5) is 0. The van der Waals surface area contributed by atoms with E-state index in [0.29, 0.717) is 5.41 Å². The zero-order valence-corrected chi connectivity index (χ0v) is 12.5. The Kier molecular flexibility index (Phi) is 4.75. The van der Waals surface area contributed by atoms with Crippen LogP contribution in [0.2, 0.25) is 0 Å². The quantitative estimate of drug-likeness (QED) is 0.805. The largest absolute Gasteiger partial charge is 0.308 e. The molecule has 1 aromatic rings. The van der Waals surface area contributed by atoms with Crippen molar-refractivity contribution in [3.8, 4) is 0 Å². The van der Waals surface area contributed by atoms with Gasteiger partial charge in [-0.3, -0.25) is 0 Å². The number of hydrogen-bond donors (Lipinski definition) is 1. The van der Waals surface area contributed by atoms with Gasteiger partial charge in [0.15, 0.2) is 0 Å². The van der Waals surface area contributed by atoms with Gasteiger partial charge in [0.05, 0.1) is 0 Å². The highest BCUT2D eigenvalue weighted by molar-refractivity contribution is 5.64. The number of nitrogens with one attached hydrogen (secondary N) is 1. The summed E-state index contributed by atoms with van der Waals surface area (Å²) in [5.74, 6) is 0. The van der Waals surface area contributed by atoms with Crippen LogP contribution < -0.4 is 5.32 Å². The standard InChI is InChI=1S/C17H27N/c1-14(15-10-8-7-9-11-15)12-18-17(5,6)13-16(2,3)4/h7-11,18H,1,12-13H2,2-6H3. The van der Waals surface area contributed by atoms with E-state index in [1.165, 1.54) is 5.56 Å². The molecule has 1 N–H and O–H groups in total. The van der Waals surface area contributed by atoms with Crippen LogP contribution in [0.15, 0.2) is 36.9 Å². The Morgan fingerprint density at radius 3 is 2.11 bits per heavy atom. The van der Waals surface area contributed by atoms with Gasteiger partial charge < -0.3 is 5.32 Å². The first-order valence-electron chi connectivity index (χ1n) is 6.68. The van der Waals surface area contributed by atoms with E-state index in [-0.39, 0.29) is 5.54 Å². The first-order chi connectivity index (χ1) is 8.20. The lowest BCUT2D eigenvalue weighted by atomic mass is 9.81. The van der Waals surface area contributed by atoms with Crippen LogP contribution in [0.3, 0.4) is 0 Å². The fourth-order valence-corrected chi connectivity index (χ4v) is 2.51. The molecule has 1 heteroatoms. The van der Waals surface area contributed by atoms with Crippen LogP contribution in [-0.2, 0) is 0 Å². The summed E-state index contributed by atoms with van der Waals surface area (Å²) in [5, 5.41) is 3.61. The van der Waals surface area contributed by atoms with Crippen LogP contribution in [0, 0.1) is 5.41 Å². The van der Waals surface area contributed by atoms with Gasteiger partial charge in [0.2, 0.25) is 0 Å². The molecule has 0 aliphatic heterocycles. The normalized spacial score (nSPS) is 12.5. The van der Waals surface area contributed by atoms with Crippen LogP contribution in [0.4, 0.5) is 0 Å². The van der Waals surface area contributed by atoms with Crippen molar-refractivity contribution in [2.24, 2.45) is 5.41 Å². The van der Waals surface area contributed by atoms with Gasteiger partial charge in [-0.15, -0.1) is 0 Å². The van der Waals surface area contributed by atoms with Crippen molar-refractivity contribution in [2.75, 3.05) is 6.54 Å². The molecule has 0 spiro atoms. The highest BCUT2D eigenvalue weighted by atomic mass is 15.0. The van der Waals surface area contributed by atoms with Gasteiger partial charge in [-0.2, -0.15) is 0 Å². The van der Waals surface area contributed by atoms with Gasteiger partial charge in [0.25, 0.3) is 0 Å². The first kappa shape index (κ1) is 15.0. The van der Waals surface area contributed by atoms with E-state index in [0.717, 1.165) is 18.5 Å². The molecule has 0 radical (unpaired) electrons. The molecular weight excluding hydrogens is 218 g/mol. The predicted octanol–water partition coefficient (Wildman–Crippen LogP) is 4.50. The van der Waals surface area contributed by atoms with Crippen LogP contribution >= 0.6 is 0 Å². The summed E-state index contributed by atoms with van der Waals surface area (Å²) in [7, 11) is 0. The van der Waals surface area contributed by atoms with E-state index >= 15 is 0 Å². The minimum atomic E-state index is 0.135. The molecule has 100 valence electrons. The lowest BCUT2D eigenvalue weighted by molar-refractivity contribution is 0.249. The maximum absolute atomic E-state index is 4.16. The molecule has 0 heterocycles. The molecule has 0 aliphatic carbocycles. The van der Waals surface area contributed by atoms with Crippen molar-refractivity contribution in [2.45, 2.75) is 46.6 Å². The number of benzene rings is 1. The zero-order chi connectivity index (χ0) is 13.8. The molecule has 0 bridgehead atoms. The van der Waals surface area contributed by atoms with E-state index in [2.05, 4.69) is 70.8 Å². The van der Waals surface area contributed by atoms with Crippen LogP contribution in [0.25, 0.3) is 5.57 Å². The van der Waals surface area contributed by atoms with Gasteiger partial charge in [-0.05, 0) is 36.8 Å². The summed E-state index contributed by atoms with van der Waals surface area (Å²) < 4.78 is 0. The van der Waals surface area contributed by atoms with Crippen LogP contribution in [0.1, 0.15) is 46.6 Å². The molecule has 0 saturated carbocycles. The maximum atomic E-state index is 4.16. The molecule has 0 aliphatic rings. The van der Waals surface area contributed by atoms with Crippen LogP contribution in [0.5, 0.6) is 0 Å². The third-order valence-corrected chi connectivity index (χ3v) is 2.93. The molecule has 0 unspecified atom stereocenters. The fourth-order valence-electron chi connectivity index (χ4n) is 2.51. The number of hydrogen-bond acceptors (Lipinski definition) is 1. The molecular formula is C17H27N. The van der Waals surface area contributed by atoms with Crippen LogP contribution in [-0.4, -0.2) is 12.1 Å². The second kappa shape index (κ2) is 5.71. The Morgan fingerprint density at radius 2 is 1.61 bits per heavy atom. The molecule has 1 rings (SSSR count). The molecule has 0 amide bonds. The smallest absolute Gasteiger partial charge is 0.0210 e. The van der Waals surface area contributed by atoms with E-state index in [1.54, 1.807) is 0 Å². The maximum Gasteiger partial charge on any atom is 0.0210 e. The van der Waals surface area contributed by atoms with Gasteiger partial charge >= 0.3 is 0 Å². The van der Waals surface area contributed by atoms with Crippen molar-refractivity contribution < 1.29 is 0 Å². The minimum Gasteiger partial charge on any atom is -0.308 e. The third kappa shape index (κ3) is 5.50. The SMILES string of the molecule is C=C(CNC(C)(C)CC(C)(C)C)c1ccccc1. The summed E-state index contributed by atoms with van der Waals surface area (Å²) >= 11 is 0. The van der Waals surface area contributed by atoms with Gasteiger partial charge in [-0.1, -0.05) is 57.7 Å². The van der Waals surface area contributed by atoms with E-state index < -0.39 is 0 Å². The monoisotopic (exact) mass is 245 g/mol. The molecule has 1 aromatic carbocycles. The fraction of sp³-hybridized carbons (Fsp3) is 0.529. The minimum absolute atomic E-state index is 0.135. The molecule has 0 saturated heterocycles. The first-order valence-corrected chi connectivity index (χ1v) is 6.68. The highest BCUT2D eigenvalue weighted by Crippen LogP contribution is 2.27. The summed E-state index contributed by atoms with van der Waals surface area (Å²) in [5.41, 5.74) is 2.84. The van der Waals surface area contributed by atoms with E-state index in [1.807, 2.05) is 6.07 Å². The highest BCUT2D eigenvalue weighted by Gasteiger charge is 2.24. The lowest BCUT2D eigenvalue weighted by Gasteiger charge is -2.33. The van der Waals surface area contributed by atoms with Gasteiger partial charge in [-0.25, -0.2) is 0 Å². The van der Waals surface area contributed by atoms with Crippen molar-refractivity contribution in [1.82, 2.24) is 5.32 Å². The molecule has 0 aromatic heterocycles. The average molecular weight is 245 g/mol. The second-order valence-electron chi connectivity index (χ2n) is 6.94. The van der Waals surface area contributed by atoms with Crippen molar-refractivity contribution in [3.05, 3.63) is 42.5 Å². The Labute approximate surface area is 112 Å². The summed E-state index contributed by atoms with van der Waals surface area (Å²) in [6.45, 7) is 16.4. The van der Waals surface area contributed by atoms with Crippen molar-refractivity contribution >= 4 is 5.57 Å². The average Bonchev–Trinajstić information content (AvgIpc) is 2.24. The van der Waals surface area contributed by atoms with E-state index in [9.17, 15) is 0 Å². The molecule has 1 nitrogen and oxygen atoms in total. The van der Waals surface area contributed by atoms with Crippen molar-refractivity contribution in [3.63, 3.8) is 0 Å². The third-order valence-electron chi connectivity index (χ3n) is 2.93. The van der Waals surface area contributed by atoms with Gasteiger partial charge in [0, 0.05) is 12.1 Å². The Bertz CT molecular complexity index is 382. The molecule has 0 atom stereocenters. The predicted molar refractivity (Wildman–Crippen MR) is 81.6 cm³/mol. The van der Waals surface area contributed by atoms with E-state index in [4.69, 9.17) is 0 Å². The molecule has 18 heavy (non-hydrogen) atoms. The summed E-state index contributed by atoms with van der Waals surface area (Å²) in [6.07, 6.45) is 1.14. The Balaban J connectivity index is 2.53. The topological polar surface area (TPSA) is 12.0 Å². The Morgan fingerprint density at radius 1 is 1.06 bits per heavy atom. The zero-order valence-electron chi connectivity index (χ0n) is 12.5. The number of rotatable bonds is 5. The van der Waals surface area contributed by atoms with Gasteiger partial charge in [0.1, 0.15) is 0 Å². The Hall–Kier alpha value is -1.08. The van der Waals surface area contributed by atoms with Crippen molar-refractivity contribution in [1.29, 1.82) is 0 Å².